The van der Waals surface area contributed by atoms with Crippen LogP contribution < -0.4 is 0 Å². The minimum absolute atomic E-state index is 0.0718. The van der Waals surface area contributed by atoms with Crippen molar-refractivity contribution in [3.05, 3.63) is 34.9 Å². The van der Waals surface area contributed by atoms with E-state index in [0.717, 1.165) is 0 Å². The molecule has 16 heavy (non-hydrogen) atoms. The predicted molar refractivity (Wildman–Crippen MR) is 68.6 cm³/mol. The van der Waals surface area contributed by atoms with Gasteiger partial charge in [0, 0.05) is 10.6 Å². The first-order valence-electron chi connectivity index (χ1n) is 5.16. The van der Waals surface area contributed by atoms with Crippen LogP contribution in [0.3, 0.4) is 0 Å². The number of rotatable bonds is 2. The fourth-order valence-corrected chi connectivity index (χ4v) is 1.58. The molecule has 0 N–H and O–H groups in total. The number of Topliss-reactive ketones (excluding diaryl/α,β-unsaturated/α-hetero) is 1. The van der Waals surface area contributed by atoms with Crippen LogP contribution in [0.25, 0.3) is 0 Å². The smallest absolute Gasteiger partial charge is 0.206 e. The summed E-state index contributed by atoms with van der Waals surface area (Å²) in [5.74, 6) is -0.0718. The van der Waals surface area contributed by atoms with Gasteiger partial charge in [-0.05, 0) is 39.8 Å². The number of aliphatic imine (C=N–C) groups is 1. The lowest BCUT2D eigenvalue weighted by atomic mass is 10.1. The Labute approximate surface area is 101 Å². The van der Waals surface area contributed by atoms with Crippen LogP contribution in [0, 0.1) is 0 Å². The van der Waals surface area contributed by atoms with Crippen molar-refractivity contribution in [2.24, 2.45) is 4.99 Å². The fourth-order valence-electron chi connectivity index (χ4n) is 1.39. The van der Waals surface area contributed by atoms with Crippen molar-refractivity contribution in [2.45, 2.75) is 33.2 Å². The number of carbonyl (C=O) groups excluding carboxylic acids is 1. The number of hydrogen-bond acceptors (Lipinski definition) is 2. The molecule has 0 aliphatic carbocycles. The van der Waals surface area contributed by atoms with Crippen molar-refractivity contribution in [1.82, 2.24) is 0 Å². The van der Waals surface area contributed by atoms with Crippen molar-refractivity contribution >= 4 is 23.1 Å². The number of nitrogens with zero attached hydrogens (tertiary/aromatic N) is 1. The molecule has 0 spiro atoms. The Morgan fingerprint density at radius 2 is 1.94 bits per heavy atom. The summed E-state index contributed by atoms with van der Waals surface area (Å²) >= 11 is 5.83. The van der Waals surface area contributed by atoms with E-state index >= 15 is 0 Å². The highest BCUT2D eigenvalue weighted by Crippen LogP contribution is 2.13. The van der Waals surface area contributed by atoms with Gasteiger partial charge in [-0.1, -0.05) is 23.7 Å². The predicted octanol–water partition coefficient (Wildman–Crippen LogP) is 3.78. The first-order valence-corrected chi connectivity index (χ1v) is 5.54. The van der Waals surface area contributed by atoms with E-state index in [1.807, 2.05) is 20.8 Å². The van der Waals surface area contributed by atoms with Crippen LogP contribution in [0.4, 0.5) is 0 Å². The molecule has 0 radical (unpaired) electrons. The zero-order chi connectivity index (χ0) is 12.3. The summed E-state index contributed by atoms with van der Waals surface area (Å²) in [7, 11) is 0. The largest absolute Gasteiger partial charge is 0.287 e. The van der Waals surface area contributed by atoms with Gasteiger partial charge < -0.3 is 0 Å². The lowest BCUT2D eigenvalue weighted by Crippen LogP contribution is -2.18. The Kier molecular flexibility index (Phi) is 3.87. The van der Waals surface area contributed by atoms with Crippen molar-refractivity contribution in [3.63, 3.8) is 0 Å². The topological polar surface area (TPSA) is 29.4 Å². The zero-order valence-electron chi connectivity index (χ0n) is 10.0. The maximum absolute atomic E-state index is 12.0. The van der Waals surface area contributed by atoms with Gasteiger partial charge >= 0.3 is 0 Å². The highest BCUT2D eigenvalue weighted by Gasteiger charge is 2.14. The molecule has 0 aliphatic heterocycles. The van der Waals surface area contributed by atoms with Crippen LogP contribution in [0.2, 0.25) is 5.02 Å². The van der Waals surface area contributed by atoms with Gasteiger partial charge in [0.1, 0.15) is 0 Å². The molecule has 1 aromatic carbocycles. The van der Waals surface area contributed by atoms with Crippen LogP contribution >= 0.6 is 11.6 Å². The molecule has 0 fully saturated rings. The number of benzene rings is 1. The zero-order valence-corrected chi connectivity index (χ0v) is 10.8. The lowest BCUT2D eigenvalue weighted by molar-refractivity contribution is 0.106. The Morgan fingerprint density at radius 1 is 1.31 bits per heavy atom. The van der Waals surface area contributed by atoms with Gasteiger partial charge in [-0.2, -0.15) is 0 Å². The average Bonchev–Trinajstić information content (AvgIpc) is 2.14. The lowest BCUT2D eigenvalue weighted by Gasteiger charge is -2.13. The third-order valence-electron chi connectivity index (χ3n) is 1.92. The number of hydrogen-bond donors (Lipinski definition) is 0. The molecule has 2 nitrogen and oxygen atoms in total. The normalized spacial score (nSPS) is 12.7. The molecule has 1 rings (SSSR count). The second-order valence-corrected chi connectivity index (χ2v) is 5.14. The first-order chi connectivity index (χ1) is 7.29. The van der Waals surface area contributed by atoms with E-state index in [-0.39, 0.29) is 11.3 Å². The quantitative estimate of drug-likeness (QED) is 0.569. The molecule has 1 aromatic rings. The Hall–Kier alpha value is -1.15. The van der Waals surface area contributed by atoms with E-state index in [2.05, 4.69) is 4.99 Å². The van der Waals surface area contributed by atoms with Gasteiger partial charge in [0.25, 0.3) is 0 Å². The summed E-state index contributed by atoms with van der Waals surface area (Å²) in [6.45, 7) is 7.61. The Morgan fingerprint density at radius 3 is 2.44 bits per heavy atom. The van der Waals surface area contributed by atoms with E-state index < -0.39 is 0 Å². The van der Waals surface area contributed by atoms with Crippen LogP contribution in [-0.4, -0.2) is 17.0 Å². The molecular weight excluding hydrogens is 222 g/mol. The van der Waals surface area contributed by atoms with E-state index in [4.69, 9.17) is 11.6 Å². The SMILES string of the molecule is C/C(=N\C(C)(C)C)C(=O)c1cccc(Cl)c1. The highest BCUT2D eigenvalue weighted by molar-refractivity contribution is 6.45. The molecule has 86 valence electrons. The Balaban J connectivity index is 3.00. The van der Waals surface area contributed by atoms with Gasteiger partial charge in [-0.15, -0.1) is 0 Å². The Bertz CT molecular complexity index is 430. The molecule has 0 aromatic heterocycles. The van der Waals surface area contributed by atoms with Gasteiger partial charge in [-0.25, -0.2) is 0 Å². The van der Waals surface area contributed by atoms with E-state index in [0.29, 0.717) is 16.3 Å². The molecule has 0 bridgehead atoms. The third kappa shape index (κ3) is 3.78. The van der Waals surface area contributed by atoms with Gasteiger partial charge in [0.05, 0.1) is 11.3 Å². The van der Waals surface area contributed by atoms with Crippen molar-refractivity contribution < 1.29 is 4.79 Å². The molecule has 0 amide bonds. The molecule has 0 aliphatic rings. The maximum atomic E-state index is 12.0. The maximum Gasteiger partial charge on any atom is 0.206 e. The average molecular weight is 238 g/mol. The van der Waals surface area contributed by atoms with Crippen LogP contribution in [-0.2, 0) is 0 Å². The molecule has 0 saturated heterocycles. The van der Waals surface area contributed by atoms with Crippen LogP contribution in [0.1, 0.15) is 38.1 Å². The summed E-state index contributed by atoms with van der Waals surface area (Å²) in [6, 6.07) is 6.91. The summed E-state index contributed by atoms with van der Waals surface area (Å²) < 4.78 is 0. The van der Waals surface area contributed by atoms with Crippen molar-refractivity contribution in [3.8, 4) is 0 Å². The minimum Gasteiger partial charge on any atom is -0.287 e. The number of halogens is 1. The second kappa shape index (κ2) is 4.79. The van der Waals surface area contributed by atoms with Gasteiger partial charge in [0.2, 0.25) is 5.78 Å². The summed E-state index contributed by atoms with van der Waals surface area (Å²) in [5, 5.41) is 0.564. The fraction of sp³-hybridized carbons (Fsp3) is 0.385. The minimum atomic E-state index is -0.238. The summed E-state index contributed by atoms with van der Waals surface area (Å²) in [6.07, 6.45) is 0. The van der Waals surface area contributed by atoms with E-state index in [9.17, 15) is 4.79 Å². The molecule has 0 unspecified atom stereocenters. The molecule has 3 heteroatoms. The number of ketones is 1. The molecule has 0 atom stereocenters. The standard InChI is InChI=1S/C13H16ClNO/c1-9(15-13(2,3)4)12(16)10-6-5-7-11(14)8-10/h5-8H,1-4H3/b15-9+. The van der Waals surface area contributed by atoms with Gasteiger partial charge in [0.15, 0.2) is 0 Å². The first kappa shape index (κ1) is 12.9. The highest BCUT2D eigenvalue weighted by atomic mass is 35.5. The second-order valence-electron chi connectivity index (χ2n) is 4.71. The summed E-state index contributed by atoms with van der Waals surface area (Å²) in [4.78, 5) is 16.3. The van der Waals surface area contributed by atoms with E-state index in [1.165, 1.54) is 0 Å². The number of carbonyl (C=O) groups is 1. The van der Waals surface area contributed by atoms with Crippen molar-refractivity contribution in [1.29, 1.82) is 0 Å². The van der Waals surface area contributed by atoms with Crippen LogP contribution in [0.5, 0.6) is 0 Å². The molecule has 0 saturated carbocycles. The molecule has 0 heterocycles. The summed E-state index contributed by atoms with van der Waals surface area (Å²) in [5.41, 5.74) is 0.853. The monoisotopic (exact) mass is 237 g/mol. The van der Waals surface area contributed by atoms with E-state index in [1.54, 1.807) is 31.2 Å². The van der Waals surface area contributed by atoms with Crippen LogP contribution in [0.15, 0.2) is 29.3 Å². The molecular formula is C13H16ClNO. The van der Waals surface area contributed by atoms with Crippen molar-refractivity contribution in [2.75, 3.05) is 0 Å². The van der Waals surface area contributed by atoms with Gasteiger partial charge in [-0.3, -0.25) is 9.79 Å². The third-order valence-corrected chi connectivity index (χ3v) is 2.15.